The highest BCUT2D eigenvalue weighted by molar-refractivity contribution is 5.45. The molecule has 1 saturated heterocycles. The smallest absolute Gasteiger partial charge is 0.319 e. The Labute approximate surface area is 189 Å². The number of nitrogens with zero attached hydrogens (tertiary/aromatic N) is 3. The zero-order valence-corrected chi connectivity index (χ0v) is 19.3. The molecule has 1 aromatic carbocycles. The lowest BCUT2D eigenvalue weighted by Crippen LogP contribution is -2.58. The molecule has 1 saturated carbocycles. The molecule has 5 rings (SSSR count). The normalized spacial score (nSPS) is 27.1. The summed E-state index contributed by atoms with van der Waals surface area (Å²) in [6, 6.07) is 4.83. The van der Waals surface area contributed by atoms with E-state index in [4.69, 9.17) is 14.2 Å². The zero-order valence-electron chi connectivity index (χ0n) is 19.3. The highest BCUT2D eigenvalue weighted by Crippen LogP contribution is 2.51. The number of benzene rings is 1. The first-order valence-electron chi connectivity index (χ1n) is 11.7. The maximum absolute atomic E-state index is 12.1. The number of methoxy groups -OCH3 is 3. The molecule has 0 amide bonds. The van der Waals surface area contributed by atoms with Crippen molar-refractivity contribution in [3.63, 3.8) is 0 Å². The minimum absolute atomic E-state index is 0.0984. The number of fused-ring (bicyclic) bond motifs is 3. The van der Waals surface area contributed by atoms with Crippen molar-refractivity contribution >= 4 is 0 Å². The lowest BCUT2D eigenvalue weighted by atomic mass is 9.63. The molecule has 1 N–H and O–H groups in total. The van der Waals surface area contributed by atoms with Crippen molar-refractivity contribution < 1.29 is 19.3 Å². The number of aryl methyl sites for hydroxylation is 2. The van der Waals surface area contributed by atoms with E-state index in [1.165, 1.54) is 30.2 Å². The molecular formula is C25H33N3O4. The molecule has 2 aliphatic carbocycles. The van der Waals surface area contributed by atoms with Crippen molar-refractivity contribution in [3.8, 4) is 17.6 Å². The number of aliphatic hydroxyl groups is 1. The highest BCUT2D eigenvalue weighted by atomic mass is 16.5. The first-order valence-corrected chi connectivity index (χ1v) is 11.7. The maximum atomic E-state index is 12.1. The quantitative estimate of drug-likeness (QED) is 0.741. The fourth-order valence-corrected chi connectivity index (χ4v) is 6.20. The summed E-state index contributed by atoms with van der Waals surface area (Å²) in [4.78, 5) is 11.1. The molecule has 3 atom stereocenters. The third-order valence-corrected chi connectivity index (χ3v) is 7.74. The average Bonchev–Trinajstić information content (AvgIpc) is 3.26. The fraction of sp³-hybridized carbons (Fsp3) is 0.600. The summed E-state index contributed by atoms with van der Waals surface area (Å²) in [6.07, 6.45) is 8.31. The Balaban J connectivity index is 1.42. The topological polar surface area (TPSA) is 76.9 Å². The summed E-state index contributed by atoms with van der Waals surface area (Å²) >= 11 is 0. The van der Waals surface area contributed by atoms with Crippen molar-refractivity contribution in [1.82, 2.24) is 14.9 Å². The van der Waals surface area contributed by atoms with E-state index in [-0.39, 0.29) is 17.8 Å². The van der Waals surface area contributed by atoms with E-state index in [1.54, 1.807) is 20.4 Å². The van der Waals surface area contributed by atoms with Crippen LogP contribution in [0.3, 0.4) is 0 Å². The molecule has 2 bridgehead atoms. The lowest BCUT2D eigenvalue weighted by Gasteiger charge is -2.53. The van der Waals surface area contributed by atoms with Gasteiger partial charge in [-0.25, -0.2) is 4.98 Å². The van der Waals surface area contributed by atoms with Gasteiger partial charge in [0.15, 0.2) is 0 Å². The molecule has 1 aromatic heterocycles. The van der Waals surface area contributed by atoms with Gasteiger partial charge in [0.1, 0.15) is 11.4 Å². The second kappa shape index (κ2) is 8.52. The van der Waals surface area contributed by atoms with E-state index in [0.717, 1.165) is 57.5 Å². The largest absolute Gasteiger partial charge is 0.496 e. The van der Waals surface area contributed by atoms with Crippen LogP contribution in [0.5, 0.6) is 17.6 Å². The van der Waals surface area contributed by atoms with E-state index in [1.807, 2.05) is 0 Å². The average molecular weight is 440 g/mol. The molecule has 2 aromatic rings. The van der Waals surface area contributed by atoms with Gasteiger partial charge in [-0.15, -0.1) is 0 Å². The van der Waals surface area contributed by atoms with Crippen LogP contribution >= 0.6 is 0 Å². The Morgan fingerprint density at radius 1 is 1.00 bits per heavy atom. The number of piperidine rings is 1. The highest BCUT2D eigenvalue weighted by Gasteiger charge is 2.53. The summed E-state index contributed by atoms with van der Waals surface area (Å²) in [6.45, 7) is 2.49. The predicted octanol–water partition coefficient (Wildman–Crippen LogP) is 3.11. The van der Waals surface area contributed by atoms with Crippen LogP contribution in [0.2, 0.25) is 0 Å². The van der Waals surface area contributed by atoms with E-state index in [2.05, 4.69) is 27.0 Å². The van der Waals surface area contributed by atoms with Crippen LogP contribution in [-0.4, -0.2) is 54.4 Å². The third kappa shape index (κ3) is 3.52. The van der Waals surface area contributed by atoms with Crippen LogP contribution in [0.25, 0.3) is 0 Å². The Morgan fingerprint density at radius 2 is 1.72 bits per heavy atom. The van der Waals surface area contributed by atoms with E-state index in [9.17, 15) is 5.11 Å². The van der Waals surface area contributed by atoms with Crippen LogP contribution in [-0.2, 0) is 25.0 Å². The Morgan fingerprint density at radius 3 is 2.38 bits per heavy atom. The van der Waals surface area contributed by atoms with E-state index >= 15 is 0 Å². The molecule has 0 radical (unpaired) electrons. The third-order valence-electron chi connectivity index (χ3n) is 7.74. The molecular weight excluding hydrogens is 406 g/mol. The van der Waals surface area contributed by atoms with Crippen LogP contribution in [0.15, 0.2) is 18.3 Å². The molecule has 1 aliphatic heterocycles. The van der Waals surface area contributed by atoms with Gasteiger partial charge in [0, 0.05) is 43.2 Å². The van der Waals surface area contributed by atoms with Crippen molar-refractivity contribution in [2.24, 2.45) is 11.8 Å². The SMILES string of the molecule is COc1ncc(C2(O)[C@@H]3CCC[C@H]2CN(Cc2cc4c(cc2OC)CCC4)C3)c(OC)n1. The standard InChI is InChI=1S/C25H33N3O4/c1-30-22-11-17-7-4-6-16(17)10-18(22)13-28-14-19-8-5-9-20(15-28)25(19,29)21-12-26-24(32-3)27-23(21)31-2/h10-12,19-20,29H,4-9,13-15H2,1-3H3/t19-,20+,25?. The summed E-state index contributed by atoms with van der Waals surface area (Å²) < 4.78 is 16.5. The van der Waals surface area contributed by atoms with E-state index in [0.29, 0.717) is 11.4 Å². The predicted molar refractivity (Wildman–Crippen MR) is 120 cm³/mol. The number of rotatable bonds is 6. The van der Waals surface area contributed by atoms with Gasteiger partial charge in [-0.3, -0.25) is 4.90 Å². The molecule has 32 heavy (non-hydrogen) atoms. The molecule has 7 heteroatoms. The van der Waals surface area contributed by atoms with Crippen LogP contribution in [0.4, 0.5) is 0 Å². The van der Waals surface area contributed by atoms with Gasteiger partial charge in [0.05, 0.1) is 26.9 Å². The minimum atomic E-state index is -0.992. The monoisotopic (exact) mass is 439 g/mol. The Hall–Kier alpha value is -2.38. The van der Waals surface area contributed by atoms with Crippen molar-refractivity contribution in [3.05, 3.63) is 40.6 Å². The van der Waals surface area contributed by atoms with Gasteiger partial charge in [0.25, 0.3) is 0 Å². The fourth-order valence-electron chi connectivity index (χ4n) is 6.20. The van der Waals surface area contributed by atoms with Crippen LogP contribution in [0, 0.1) is 11.8 Å². The summed E-state index contributed by atoms with van der Waals surface area (Å²) in [5.74, 6) is 1.59. The zero-order chi connectivity index (χ0) is 22.3. The summed E-state index contributed by atoms with van der Waals surface area (Å²) in [7, 11) is 4.88. The van der Waals surface area contributed by atoms with Crippen LogP contribution < -0.4 is 14.2 Å². The molecule has 2 fully saturated rings. The summed E-state index contributed by atoms with van der Waals surface area (Å²) in [5, 5.41) is 12.1. The number of likely N-dealkylation sites (tertiary alicyclic amines) is 1. The van der Waals surface area contributed by atoms with Gasteiger partial charge in [0.2, 0.25) is 5.88 Å². The van der Waals surface area contributed by atoms with Gasteiger partial charge >= 0.3 is 6.01 Å². The summed E-state index contributed by atoms with van der Waals surface area (Å²) in [5.41, 5.74) is 3.85. The van der Waals surface area contributed by atoms with Crippen molar-refractivity contribution in [1.29, 1.82) is 0 Å². The van der Waals surface area contributed by atoms with Gasteiger partial charge in [-0.2, -0.15) is 4.98 Å². The molecule has 7 nitrogen and oxygen atoms in total. The van der Waals surface area contributed by atoms with E-state index < -0.39 is 5.60 Å². The number of ether oxygens (including phenoxy) is 3. The van der Waals surface area contributed by atoms with Crippen molar-refractivity contribution in [2.75, 3.05) is 34.4 Å². The number of hydrogen-bond acceptors (Lipinski definition) is 7. The number of hydrogen-bond donors (Lipinski definition) is 1. The second-order valence-corrected chi connectivity index (χ2v) is 9.41. The van der Waals surface area contributed by atoms with Gasteiger partial charge < -0.3 is 19.3 Å². The number of aromatic nitrogens is 2. The first-order chi connectivity index (χ1) is 15.6. The van der Waals surface area contributed by atoms with Gasteiger partial charge in [-0.05, 0) is 49.3 Å². The maximum Gasteiger partial charge on any atom is 0.319 e. The molecule has 172 valence electrons. The molecule has 3 aliphatic rings. The molecule has 2 heterocycles. The Bertz CT molecular complexity index is 981. The second-order valence-electron chi connectivity index (χ2n) is 9.41. The van der Waals surface area contributed by atoms with Crippen LogP contribution in [0.1, 0.15) is 47.9 Å². The lowest BCUT2D eigenvalue weighted by molar-refractivity contribution is -0.149. The van der Waals surface area contributed by atoms with Gasteiger partial charge in [-0.1, -0.05) is 12.5 Å². The molecule has 0 spiro atoms. The molecule has 1 unspecified atom stereocenters. The first kappa shape index (κ1) is 21.5. The Kier molecular flexibility index (Phi) is 5.72. The van der Waals surface area contributed by atoms with Crippen molar-refractivity contribution in [2.45, 2.75) is 50.7 Å². The minimum Gasteiger partial charge on any atom is -0.496 e.